The summed E-state index contributed by atoms with van der Waals surface area (Å²) in [5.41, 5.74) is 2.76. The van der Waals surface area contributed by atoms with E-state index in [0.29, 0.717) is 6.54 Å². The fourth-order valence-electron chi connectivity index (χ4n) is 2.52. The smallest absolute Gasteiger partial charge is 0.315 e. The van der Waals surface area contributed by atoms with Crippen molar-refractivity contribution in [2.75, 3.05) is 7.11 Å². The number of imidazole rings is 1. The van der Waals surface area contributed by atoms with Crippen LogP contribution in [0.3, 0.4) is 0 Å². The summed E-state index contributed by atoms with van der Waals surface area (Å²) in [5.74, 6) is 1.48. The summed E-state index contributed by atoms with van der Waals surface area (Å²) in [6, 6.07) is 14.9. The van der Waals surface area contributed by atoms with E-state index in [1.807, 2.05) is 55.5 Å². The zero-order valence-corrected chi connectivity index (χ0v) is 13.7. The number of carbonyl (C=O) groups is 1. The molecule has 0 aliphatic carbocycles. The molecule has 0 aliphatic rings. The predicted molar refractivity (Wildman–Crippen MR) is 92.9 cm³/mol. The molecule has 6 nitrogen and oxygen atoms in total. The summed E-state index contributed by atoms with van der Waals surface area (Å²) in [4.78, 5) is 19.8. The minimum absolute atomic E-state index is 0.227. The molecule has 0 unspecified atom stereocenters. The minimum Gasteiger partial charge on any atom is -0.496 e. The van der Waals surface area contributed by atoms with Gasteiger partial charge in [-0.15, -0.1) is 0 Å². The van der Waals surface area contributed by atoms with Crippen molar-refractivity contribution >= 4 is 17.1 Å². The first-order valence-electron chi connectivity index (χ1n) is 7.78. The lowest BCUT2D eigenvalue weighted by Crippen LogP contribution is -2.37. The number of hydrogen-bond donors (Lipinski definition) is 3. The van der Waals surface area contributed by atoms with E-state index in [1.165, 1.54) is 0 Å². The molecule has 2 amide bonds. The van der Waals surface area contributed by atoms with Gasteiger partial charge in [-0.2, -0.15) is 0 Å². The van der Waals surface area contributed by atoms with Crippen molar-refractivity contribution in [3.05, 3.63) is 59.9 Å². The van der Waals surface area contributed by atoms with E-state index >= 15 is 0 Å². The van der Waals surface area contributed by atoms with E-state index in [1.54, 1.807) is 7.11 Å². The van der Waals surface area contributed by atoms with Crippen molar-refractivity contribution in [2.24, 2.45) is 0 Å². The van der Waals surface area contributed by atoms with Gasteiger partial charge < -0.3 is 20.4 Å². The highest BCUT2D eigenvalue weighted by Crippen LogP contribution is 2.17. The number of rotatable bonds is 5. The summed E-state index contributed by atoms with van der Waals surface area (Å²) in [6.45, 7) is 2.28. The van der Waals surface area contributed by atoms with E-state index in [-0.39, 0.29) is 12.1 Å². The molecule has 0 fully saturated rings. The number of benzene rings is 2. The number of nitrogens with one attached hydrogen (secondary N) is 3. The Balaban J connectivity index is 1.60. The summed E-state index contributed by atoms with van der Waals surface area (Å²) in [5, 5.41) is 5.72. The molecule has 1 heterocycles. The lowest BCUT2D eigenvalue weighted by Gasteiger charge is -2.13. The lowest BCUT2D eigenvalue weighted by molar-refractivity contribution is 0.237. The number of hydrogen-bond acceptors (Lipinski definition) is 3. The molecule has 1 atom stereocenters. The van der Waals surface area contributed by atoms with Crippen LogP contribution < -0.4 is 15.4 Å². The first kappa shape index (κ1) is 15.9. The first-order chi connectivity index (χ1) is 11.7. The van der Waals surface area contributed by atoms with E-state index in [0.717, 1.165) is 28.2 Å². The Hall–Kier alpha value is -3.02. The number of urea groups is 1. The van der Waals surface area contributed by atoms with Gasteiger partial charge in [-0.1, -0.05) is 30.3 Å². The average molecular weight is 324 g/mol. The number of fused-ring (bicyclic) bond motifs is 1. The molecular formula is C18H20N4O2. The molecule has 0 bridgehead atoms. The van der Waals surface area contributed by atoms with E-state index in [2.05, 4.69) is 20.6 Å². The zero-order valence-electron chi connectivity index (χ0n) is 13.7. The van der Waals surface area contributed by atoms with E-state index in [9.17, 15) is 4.79 Å². The summed E-state index contributed by atoms with van der Waals surface area (Å²) >= 11 is 0. The Morgan fingerprint density at radius 1 is 1.21 bits per heavy atom. The van der Waals surface area contributed by atoms with Gasteiger partial charge in [0.15, 0.2) is 0 Å². The molecule has 3 rings (SSSR count). The van der Waals surface area contributed by atoms with Crippen molar-refractivity contribution in [1.29, 1.82) is 0 Å². The number of amides is 2. The number of ether oxygens (including phenoxy) is 1. The quantitative estimate of drug-likeness (QED) is 0.674. The van der Waals surface area contributed by atoms with Gasteiger partial charge in [0.2, 0.25) is 0 Å². The molecule has 3 N–H and O–H groups in total. The largest absolute Gasteiger partial charge is 0.496 e. The Bertz CT molecular complexity index is 811. The van der Waals surface area contributed by atoms with Crippen molar-refractivity contribution in [3.8, 4) is 5.75 Å². The highest BCUT2D eigenvalue weighted by Gasteiger charge is 2.13. The summed E-state index contributed by atoms with van der Waals surface area (Å²) in [6.07, 6.45) is 0. The van der Waals surface area contributed by atoms with Crippen LogP contribution in [0.4, 0.5) is 4.79 Å². The average Bonchev–Trinajstić information content (AvgIpc) is 3.04. The van der Waals surface area contributed by atoms with Gasteiger partial charge >= 0.3 is 6.03 Å². The van der Waals surface area contributed by atoms with Crippen molar-refractivity contribution < 1.29 is 9.53 Å². The number of aromatic nitrogens is 2. The Kier molecular flexibility index (Phi) is 4.65. The molecule has 2 aromatic carbocycles. The zero-order chi connectivity index (χ0) is 16.9. The Labute approximate surface area is 140 Å². The SMILES string of the molecule is COc1ccccc1CNC(=O)N[C@H](C)c1nc2ccccc2[nH]1. The molecule has 0 spiro atoms. The monoisotopic (exact) mass is 324 g/mol. The normalized spacial score (nSPS) is 11.9. The third kappa shape index (κ3) is 3.48. The molecule has 3 aromatic rings. The molecule has 1 aromatic heterocycles. The predicted octanol–water partition coefficient (Wildman–Crippen LogP) is 3.13. The van der Waals surface area contributed by atoms with Crippen LogP contribution in [0, 0.1) is 0 Å². The third-order valence-electron chi connectivity index (χ3n) is 3.80. The number of aromatic amines is 1. The second-order valence-corrected chi connectivity index (χ2v) is 5.50. The Morgan fingerprint density at radius 3 is 2.75 bits per heavy atom. The molecule has 24 heavy (non-hydrogen) atoms. The molecule has 0 saturated carbocycles. The fourth-order valence-corrected chi connectivity index (χ4v) is 2.52. The van der Waals surface area contributed by atoms with Crippen LogP contribution in [0.1, 0.15) is 24.4 Å². The number of nitrogens with zero attached hydrogens (tertiary/aromatic N) is 1. The van der Waals surface area contributed by atoms with Gasteiger partial charge in [-0.05, 0) is 25.1 Å². The van der Waals surface area contributed by atoms with Gasteiger partial charge in [-0.3, -0.25) is 0 Å². The van der Waals surface area contributed by atoms with Crippen molar-refractivity contribution in [2.45, 2.75) is 19.5 Å². The van der Waals surface area contributed by atoms with E-state index < -0.39 is 0 Å². The topological polar surface area (TPSA) is 79.0 Å². The molecule has 6 heteroatoms. The van der Waals surface area contributed by atoms with Crippen molar-refractivity contribution in [3.63, 3.8) is 0 Å². The van der Waals surface area contributed by atoms with Gasteiger partial charge in [0.05, 0.1) is 24.2 Å². The van der Waals surface area contributed by atoms with Crippen LogP contribution in [0.5, 0.6) is 5.75 Å². The number of carbonyl (C=O) groups excluding carboxylic acids is 1. The second kappa shape index (κ2) is 7.04. The minimum atomic E-state index is -0.256. The first-order valence-corrected chi connectivity index (χ1v) is 7.78. The standard InChI is InChI=1S/C18H20N4O2/c1-12(17-21-14-8-4-5-9-15(14)22-17)20-18(23)19-11-13-7-3-6-10-16(13)24-2/h3-10,12H,11H2,1-2H3,(H,21,22)(H2,19,20,23)/t12-/m1/s1. The van der Waals surface area contributed by atoms with Crippen LogP contribution in [-0.2, 0) is 6.54 Å². The van der Waals surface area contributed by atoms with Gasteiger partial charge in [0.25, 0.3) is 0 Å². The van der Waals surface area contributed by atoms with Crippen LogP contribution in [0.2, 0.25) is 0 Å². The second-order valence-electron chi connectivity index (χ2n) is 5.50. The molecule has 0 radical (unpaired) electrons. The van der Waals surface area contributed by atoms with Crippen LogP contribution >= 0.6 is 0 Å². The molecule has 0 saturated heterocycles. The molecule has 0 aliphatic heterocycles. The fraction of sp³-hybridized carbons (Fsp3) is 0.222. The number of para-hydroxylation sites is 3. The number of H-pyrrole nitrogens is 1. The van der Waals surface area contributed by atoms with Crippen LogP contribution in [-0.4, -0.2) is 23.1 Å². The van der Waals surface area contributed by atoms with Crippen molar-refractivity contribution in [1.82, 2.24) is 20.6 Å². The maximum absolute atomic E-state index is 12.1. The van der Waals surface area contributed by atoms with Gasteiger partial charge in [0.1, 0.15) is 11.6 Å². The maximum Gasteiger partial charge on any atom is 0.315 e. The molecular weight excluding hydrogens is 304 g/mol. The lowest BCUT2D eigenvalue weighted by atomic mass is 10.2. The highest BCUT2D eigenvalue weighted by atomic mass is 16.5. The third-order valence-corrected chi connectivity index (χ3v) is 3.80. The Morgan fingerprint density at radius 2 is 1.96 bits per heavy atom. The van der Waals surface area contributed by atoms with Crippen LogP contribution in [0.25, 0.3) is 11.0 Å². The van der Waals surface area contributed by atoms with E-state index in [4.69, 9.17) is 4.74 Å². The van der Waals surface area contributed by atoms with Gasteiger partial charge in [-0.25, -0.2) is 9.78 Å². The summed E-state index contributed by atoms with van der Waals surface area (Å²) in [7, 11) is 1.61. The number of methoxy groups -OCH3 is 1. The summed E-state index contributed by atoms with van der Waals surface area (Å²) < 4.78 is 5.28. The maximum atomic E-state index is 12.1. The molecule has 124 valence electrons. The van der Waals surface area contributed by atoms with Crippen LogP contribution in [0.15, 0.2) is 48.5 Å². The highest BCUT2D eigenvalue weighted by molar-refractivity contribution is 5.76. The van der Waals surface area contributed by atoms with Gasteiger partial charge in [0, 0.05) is 12.1 Å².